The Morgan fingerprint density at radius 3 is 2.30 bits per heavy atom. The van der Waals surface area contributed by atoms with E-state index in [0.717, 1.165) is 38.5 Å². The second-order valence-corrected chi connectivity index (χ2v) is 6.53. The van der Waals surface area contributed by atoms with E-state index in [-0.39, 0.29) is 0 Å². The van der Waals surface area contributed by atoms with Gasteiger partial charge >= 0.3 is 0 Å². The first-order chi connectivity index (χ1) is 11.4. The van der Waals surface area contributed by atoms with Crippen LogP contribution in [-0.2, 0) is 0 Å². The van der Waals surface area contributed by atoms with Crippen molar-refractivity contribution < 1.29 is 4.74 Å². The lowest BCUT2D eigenvalue weighted by Crippen LogP contribution is -2.43. The van der Waals surface area contributed by atoms with Crippen molar-refractivity contribution in [1.82, 2.24) is 5.32 Å². The highest BCUT2D eigenvalue weighted by atomic mass is 16.5. The monoisotopic (exact) mass is 318 g/mol. The van der Waals surface area contributed by atoms with E-state index in [1.165, 1.54) is 57.1 Å². The molecule has 1 N–H and O–H groups in total. The molecule has 3 heteroatoms. The second kappa shape index (κ2) is 11.3. The Kier molecular flexibility index (Phi) is 8.93. The summed E-state index contributed by atoms with van der Waals surface area (Å²) in [4.78, 5) is 2.43. The molecule has 1 aliphatic heterocycles. The quantitative estimate of drug-likeness (QED) is 0.603. The van der Waals surface area contributed by atoms with E-state index in [1.54, 1.807) is 0 Å². The predicted octanol–water partition coefficient (Wildman–Crippen LogP) is 4.62. The van der Waals surface area contributed by atoms with E-state index < -0.39 is 0 Å². The van der Waals surface area contributed by atoms with Gasteiger partial charge in [0.05, 0.1) is 12.3 Å². The maximum absolute atomic E-state index is 6.07. The zero-order valence-electron chi connectivity index (χ0n) is 14.9. The molecule has 1 aromatic carbocycles. The van der Waals surface area contributed by atoms with E-state index in [1.807, 2.05) is 0 Å². The average Bonchev–Trinajstić information content (AvgIpc) is 2.61. The van der Waals surface area contributed by atoms with E-state index in [2.05, 4.69) is 41.4 Å². The van der Waals surface area contributed by atoms with Crippen LogP contribution in [-0.4, -0.2) is 32.8 Å². The van der Waals surface area contributed by atoms with Gasteiger partial charge in [0.15, 0.2) is 0 Å². The first-order valence-electron chi connectivity index (χ1n) is 9.59. The standard InChI is InChI=1S/C20H34N2O/c1-2-3-4-5-6-7-8-11-18-23-20-13-10-9-12-19(20)22-16-14-21-15-17-22/h9-10,12-13,21H,2-8,11,14-18H2,1H3. The summed E-state index contributed by atoms with van der Waals surface area (Å²) in [6.45, 7) is 7.38. The molecule has 1 aliphatic rings. The van der Waals surface area contributed by atoms with Crippen LogP contribution >= 0.6 is 0 Å². The van der Waals surface area contributed by atoms with Crippen molar-refractivity contribution in [2.24, 2.45) is 0 Å². The Labute approximate surface area is 142 Å². The second-order valence-electron chi connectivity index (χ2n) is 6.53. The third kappa shape index (κ3) is 6.82. The molecule has 0 aliphatic carbocycles. The summed E-state index contributed by atoms with van der Waals surface area (Å²) >= 11 is 0. The van der Waals surface area contributed by atoms with Crippen LogP contribution in [0, 0.1) is 0 Å². The Morgan fingerprint density at radius 2 is 1.57 bits per heavy atom. The van der Waals surface area contributed by atoms with Gasteiger partial charge in [-0.25, -0.2) is 0 Å². The molecule has 0 saturated carbocycles. The minimum atomic E-state index is 0.845. The van der Waals surface area contributed by atoms with Crippen LogP contribution in [0.1, 0.15) is 58.3 Å². The van der Waals surface area contributed by atoms with Crippen LogP contribution in [0.3, 0.4) is 0 Å². The number of para-hydroxylation sites is 2. The number of nitrogens with zero attached hydrogens (tertiary/aromatic N) is 1. The molecule has 23 heavy (non-hydrogen) atoms. The Morgan fingerprint density at radius 1 is 0.913 bits per heavy atom. The van der Waals surface area contributed by atoms with Crippen LogP contribution in [0.15, 0.2) is 24.3 Å². The maximum Gasteiger partial charge on any atom is 0.142 e. The molecule has 0 spiro atoms. The highest BCUT2D eigenvalue weighted by Gasteiger charge is 2.14. The zero-order chi connectivity index (χ0) is 16.2. The average molecular weight is 319 g/mol. The van der Waals surface area contributed by atoms with Gasteiger partial charge in [0.1, 0.15) is 5.75 Å². The SMILES string of the molecule is CCCCCCCCCCOc1ccccc1N1CCNCC1. The fourth-order valence-electron chi connectivity index (χ4n) is 3.16. The molecule has 1 aromatic rings. The number of anilines is 1. The van der Waals surface area contributed by atoms with Crippen molar-refractivity contribution in [3.8, 4) is 5.75 Å². The third-order valence-corrected chi connectivity index (χ3v) is 4.58. The molecule has 1 fully saturated rings. The molecule has 1 heterocycles. The fraction of sp³-hybridized carbons (Fsp3) is 0.700. The number of piperazine rings is 1. The summed E-state index contributed by atoms with van der Waals surface area (Å²) in [5.74, 6) is 1.05. The highest BCUT2D eigenvalue weighted by Crippen LogP contribution is 2.28. The lowest BCUT2D eigenvalue weighted by molar-refractivity contribution is 0.304. The Hall–Kier alpha value is -1.22. The number of benzene rings is 1. The van der Waals surface area contributed by atoms with Crippen molar-refractivity contribution in [2.75, 3.05) is 37.7 Å². The van der Waals surface area contributed by atoms with E-state index in [0.29, 0.717) is 0 Å². The summed E-state index contributed by atoms with van der Waals surface area (Å²) in [5, 5.41) is 3.41. The van der Waals surface area contributed by atoms with Crippen LogP contribution in [0.2, 0.25) is 0 Å². The summed E-state index contributed by atoms with van der Waals surface area (Å²) < 4.78 is 6.07. The van der Waals surface area contributed by atoms with E-state index >= 15 is 0 Å². The molecule has 0 aromatic heterocycles. The van der Waals surface area contributed by atoms with Crippen LogP contribution in [0.25, 0.3) is 0 Å². The van der Waals surface area contributed by atoms with Gasteiger partial charge in [-0.1, -0.05) is 64.0 Å². The smallest absolute Gasteiger partial charge is 0.142 e. The molecule has 0 radical (unpaired) electrons. The topological polar surface area (TPSA) is 24.5 Å². The van der Waals surface area contributed by atoms with Crippen LogP contribution in [0.5, 0.6) is 5.75 Å². The lowest BCUT2D eigenvalue weighted by Gasteiger charge is -2.30. The van der Waals surface area contributed by atoms with Crippen molar-refractivity contribution in [3.63, 3.8) is 0 Å². The van der Waals surface area contributed by atoms with Crippen LogP contribution < -0.4 is 15.0 Å². The molecule has 130 valence electrons. The predicted molar refractivity (Wildman–Crippen MR) is 99.6 cm³/mol. The van der Waals surface area contributed by atoms with Crippen molar-refractivity contribution in [2.45, 2.75) is 58.3 Å². The zero-order valence-corrected chi connectivity index (χ0v) is 14.9. The number of hydrogen-bond acceptors (Lipinski definition) is 3. The number of hydrogen-bond donors (Lipinski definition) is 1. The van der Waals surface area contributed by atoms with Gasteiger partial charge in [-0.05, 0) is 18.6 Å². The molecule has 0 atom stereocenters. The number of nitrogens with one attached hydrogen (secondary N) is 1. The molecule has 0 unspecified atom stereocenters. The molecular formula is C20H34N2O. The number of ether oxygens (including phenoxy) is 1. The van der Waals surface area contributed by atoms with E-state index in [9.17, 15) is 0 Å². The fourth-order valence-corrected chi connectivity index (χ4v) is 3.16. The Balaban J connectivity index is 1.63. The largest absolute Gasteiger partial charge is 0.491 e. The van der Waals surface area contributed by atoms with Gasteiger partial charge in [-0.2, -0.15) is 0 Å². The lowest BCUT2D eigenvalue weighted by atomic mass is 10.1. The van der Waals surface area contributed by atoms with Gasteiger partial charge in [-0.15, -0.1) is 0 Å². The first kappa shape index (κ1) is 18.1. The molecule has 0 bridgehead atoms. The summed E-state index contributed by atoms with van der Waals surface area (Å²) in [6, 6.07) is 8.49. The van der Waals surface area contributed by atoms with Gasteiger partial charge in [0.25, 0.3) is 0 Å². The normalized spacial score (nSPS) is 14.9. The Bertz CT molecular complexity index is 416. The van der Waals surface area contributed by atoms with Crippen molar-refractivity contribution >= 4 is 5.69 Å². The highest BCUT2D eigenvalue weighted by molar-refractivity contribution is 5.58. The van der Waals surface area contributed by atoms with Crippen molar-refractivity contribution in [1.29, 1.82) is 0 Å². The molecular weight excluding hydrogens is 284 g/mol. The van der Waals surface area contributed by atoms with Gasteiger partial charge in [-0.3, -0.25) is 0 Å². The minimum Gasteiger partial charge on any atom is -0.491 e. The van der Waals surface area contributed by atoms with Gasteiger partial charge in [0.2, 0.25) is 0 Å². The molecule has 3 nitrogen and oxygen atoms in total. The molecule has 2 rings (SSSR count). The maximum atomic E-state index is 6.07. The number of unbranched alkanes of at least 4 members (excludes halogenated alkanes) is 7. The summed E-state index contributed by atoms with van der Waals surface area (Å²) in [7, 11) is 0. The van der Waals surface area contributed by atoms with E-state index in [4.69, 9.17) is 4.74 Å². The van der Waals surface area contributed by atoms with Gasteiger partial charge < -0.3 is 15.0 Å². The summed E-state index contributed by atoms with van der Waals surface area (Å²) in [6.07, 6.45) is 10.7. The molecule has 0 amide bonds. The van der Waals surface area contributed by atoms with Crippen molar-refractivity contribution in [3.05, 3.63) is 24.3 Å². The molecule has 1 saturated heterocycles. The third-order valence-electron chi connectivity index (χ3n) is 4.58. The first-order valence-corrected chi connectivity index (χ1v) is 9.59. The minimum absolute atomic E-state index is 0.845. The van der Waals surface area contributed by atoms with Gasteiger partial charge in [0, 0.05) is 26.2 Å². The number of rotatable bonds is 11. The van der Waals surface area contributed by atoms with Crippen LogP contribution in [0.4, 0.5) is 5.69 Å². The summed E-state index contributed by atoms with van der Waals surface area (Å²) in [5.41, 5.74) is 1.26.